The summed E-state index contributed by atoms with van der Waals surface area (Å²) in [6, 6.07) is 17.0. The van der Waals surface area contributed by atoms with E-state index in [1.165, 1.54) is 0 Å². The second-order valence-electron chi connectivity index (χ2n) is 7.82. The van der Waals surface area contributed by atoms with Crippen molar-refractivity contribution in [1.29, 1.82) is 0 Å². The molecule has 0 radical (unpaired) electrons. The molecule has 0 bridgehead atoms. The third kappa shape index (κ3) is 5.00. The first-order chi connectivity index (χ1) is 16.1. The van der Waals surface area contributed by atoms with Crippen LogP contribution < -0.4 is 24.4 Å². The lowest BCUT2D eigenvalue weighted by Crippen LogP contribution is -2.41. The molecule has 1 saturated heterocycles. The maximum Gasteiger partial charge on any atom is 0.229 e. The zero-order valence-electron chi connectivity index (χ0n) is 19.1. The molecule has 1 fully saturated rings. The van der Waals surface area contributed by atoms with Crippen LogP contribution in [-0.2, 0) is 4.79 Å². The number of nitrogens with zero attached hydrogens (tertiary/aromatic N) is 3. The first-order valence-corrected chi connectivity index (χ1v) is 10.9. The standard InChI is InChI=1S/C25H28N4O4/c1-31-21-9-5-4-8-19(21)20-11-13-24(28-27-20)29-14-6-7-17(16-29)25(30)26-18-10-12-22(32-2)23(15-18)33-3/h4-5,8-13,15,17H,6-7,14,16H2,1-3H3,(H,26,30). The molecule has 8 nitrogen and oxygen atoms in total. The Morgan fingerprint density at radius 2 is 1.73 bits per heavy atom. The average Bonchev–Trinajstić information content (AvgIpc) is 2.88. The van der Waals surface area contributed by atoms with Gasteiger partial charge in [0.15, 0.2) is 17.3 Å². The Morgan fingerprint density at radius 1 is 0.939 bits per heavy atom. The summed E-state index contributed by atoms with van der Waals surface area (Å²) in [5, 5.41) is 11.8. The van der Waals surface area contributed by atoms with Crippen molar-refractivity contribution in [3.05, 3.63) is 54.6 Å². The number of carbonyl (C=O) groups excluding carboxylic acids is 1. The van der Waals surface area contributed by atoms with E-state index in [4.69, 9.17) is 14.2 Å². The summed E-state index contributed by atoms with van der Waals surface area (Å²) >= 11 is 0. The molecule has 3 aromatic rings. The van der Waals surface area contributed by atoms with Gasteiger partial charge in [0.2, 0.25) is 5.91 Å². The maximum atomic E-state index is 12.9. The van der Waals surface area contributed by atoms with Crippen LogP contribution in [0.25, 0.3) is 11.3 Å². The van der Waals surface area contributed by atoms with Crippen LogP contribution in [0.1, 0.15) is 12.8 Å². The molecule has 33 heavy (non-hydrogen) atoms. The Bertz CT molecular complexity index is 1100. The van der Waals surface area contributed by atoms with Crippen LogP contribution in [0.2, 0.25) is 0 Å². The smallest absolute Gasteiger partial charge is 0.229 e. The van der Waals surface area contributed by atoms with Crippen molar-refractivity contribution in [1.82, 2.24) is 10.2 Å². The van der Waals surface area contributed by atoms with E-state index >= 15 is 0 Å². The van der Waals surface area contributed by atoms with E-state index in [0.29, 0.717) is 23.7 Å². The molecule has 0 spiro atoms. The topological polar surface area (TPSA) is 85.8 Å². The van der Waals surface area contributed by atoms with Crippen molar-refractivity contribution in [3.63, 3.8) is 0 Å². The number of amides is 1. The third-order valence-corrected chi connectivity index (χ3v) is 5.80. The fourth-order valence-electron chi connectivity index (χ4n) is 4.05. The highest BCUT2D eigenvalue weighted by molar-refractivity contribution is 5.93. The van der Waals surface area contributed by atoms with E-state index in [9.17, 15) is 4.79 Å². The predicted molar refractivity (Wildman–Crippen MR) is 127 cm³/mol. The molecule has 1 aliphatic heterocycles. The number of hydrogen-bond acceptors (Lipinski definition) is 7. The number of carbonyl (C=O) groups is 1. The van der Waals surface area contributed by atoms with Crippen molar-refractivity contribution in [3.8, 4) is 28.5 Å². The molecule has 1 atom stereocenters. The number of para-hydroxylation sites is 1. The van der Waals surface area contributed by atoms with Gasteiger partial charge in [-0.05, 0) is 49.2 Å². The lowest BCUT2D eigenvalue weighted by atomic mass is 9.97. The Morgan fingerprint density at radius 3 is 2.45 bits per heavy atom. The van der Waals surface area contributed by atoms with Crippen molar-refractivity contribution in [2.45, 2.75) is 12.8 Å². The van der Waals surface area contributed by atoms with Gasteiger partial charge in [0.05, 0.1) is 32.9 Å². The second-order valence-corrected chi connectivity index (χ2v) is 7.82. The van der Waals surface area contributed by atoms with Gasteiger partial charge in [-0.1, -0.05) is 12.1 Å². The monoisotopic (exact) mass is 448 g/mol. The van der Waals surface area contributed by atoms with Crippen LogP contribution in [0.5, 0.6) is 17.2 Å². The molecule has 8 heteroatoms. The molecule has 1 aliphatic rings. The van der Waals surface area contributed by atoms with Gasteiger partial charge in [-0.15, -0.1) is 10.2 Å². The van der Waals surface area contributed by atoms with E-state index in [0.717, 1.165) is 42.2 Å². The second kappa shape index (κ2) is 10.2. The van der Waals surface area contributed by atoms with Gasteiger partial charge in [0.25, 0.3) is 0 Å². The summed E-state index contributed by atoms with van der Waals surface area (Å²) in [5.74, 6) is 2.54. The van der Waals surface area contributed by atoms with Crippen LogP contribution in [0.4, 0.5) is 11.5 Å². The molecule has 1 unspecified atom stereocenters. The van der Waals surface area contributed by atoms with Crippen molar-refractivity contribution in [2.24, 2.45) is 5.92 Å². The number of anilines is 2. The number of methoxy groups -OCH3 is 3. The van der Waals surface area contributed by atoms with Gasteiger partial charge in [-0.25, -0.2) is 0 Å². The normalized spacial score (nSPS) is 15.6. The van der Waals surface area contributed by atoms with Gasteiger partial charge < -0.3 is 24.4 Å². The van der Waals surface area contributed by atoms with E-state index in [1.54, 1.807) is 33.5 Å². The van der Waals surface area contributed by atoms with Crippen LogP contribution in [0.3, 0.4) is 0 Å². The lowest BCUT2D eigenvalue weighted by Gasteiger charge is -2.32. The predicted octanol–water partition coefficient (Wildman–Crippen LogP) is 4.02. The Hall–Kier alpha value is -3.81. The molecule has 172 valence electrons. The summed E-state index contributed by atoms with van der Waals surface area (Å²) in [7, 11) is 4.79. The maximum absolute atomic E-state index is 12.9. The summed E-state index contributed by atoms with van der Waals surface area (Å²) in [6.07, 6.45) is 1.72. The van der Waals surface area contributed by atoms with Crippen LogP contribution >= 0.6 is 0 Å². The lowest BCUT2D eigenvalue weighted by molar-refractivity contribution is -0.120. The molecular formula is C25H28N4O4. The third-order valence-electron chi connectivity index (χ3n) is 5.80. The largest absolute Gasteiger partial charge is 0.496 e. The zero-order valence-corrected chi connectivity index (χ0v) is 19.1. The molecule has 1 amide bonds. The highest BCUT2D eigenvalue weighted by atomic mass is 16.5. The number of ether oxygens (including phenoxy) is 3. The number of benzene rings is 2. The molecule has 1 aromatic heterocycles. The molecule has 1 N–H and O–H groups in total. The Labute approximate surface area is 193 Å². The first kappa shape index (κ1) is 22.4. The number of hydrogen-bond donors (Lipinski definition) is 1. The van der Waals surface area contributed by atoms with Gasteiger partial charge in [-0.3, -0.25) is 4.79 Å². The number of aromatic nitrogens is 2. The Balaban J connectivity index is 1.43. The van der Waals surface area contributed by atoms with E-state index in [-0.39, 0.29) is 11.8 Å². The highest BCUT2D eigenvalue weighted by Crippen LogP contribution is 2.31. The minimum Gasteiger partial charge on any atom is -0.496 e. The zero-order chi connectivity index (χ0) is 23.2. The van der Waals surface area contributed by atoms with E-state index < -0.39 is 0 Å². The highest BCUT2D eigenvalue weighted by Gasteiger charge is 2.27. The molecule has 0 aliphatic carbocycles. The number of nitrogens with one attached hydrogen (secondary N) is 1. The van der Waals surface area contributed by atoms with Gasteiger partial charge >= 0.3 is 0 Å². The van der Waals surface area contributed by atoms with Crippen LogP contribution in [-0.4, -0.2) is 50.5 Å². The summed E-state index contributed by atoms with van der Waals surface area (Å²) in [4.78, 5) is 15.1. The van der Waals surface area contributed by atoms with Crippen LogP contribution in [0.15, 0.2) is 54.6 Å². The van der Waals surface area contributed by atoms with Crippen molar-refractivity contribution < 1.29 is 19.0 Å². The average molecular weight is 449 g/mol. The van der Waals surface area contributed by atoms with Gasteiger partial charge in [0, 0.05) is 30.4 Å². The molecule has 2 aromatic carbocycles. The molecule has 2 heterocycles. The summed E-state index contributed by atoms with van der Waals surface area (Å²) < 4.78 is 16.0. The first-order valence-electron chi connectivity index (χ1n) is 10.9. The van der Waals surface area contributed by atoms with Crippen molar-refractivity contribution >= 4 is 17.4 Å². The SMILES string of the molecule is COc1ccc(NC(=O)C2CCCN(c3ccc(-c4ccccc4OC)nn3)C2)cc1OC. The van der Waals surface area contributed by atoms with Gasteiger partial charge in [0.1, 0.15) is 5.75 Å². The minimum atomic E-state index is -0.150. The summed E-state index contributed by atoms with van der Waals surface area (Å²) in [6.45, 7) is 1.42. The molecule has 4 rings (SSSR count). The van der Waals surface area contributed by atoms with Gasteiger partial charge in [-0.2, -0.15) is 0 Å². The summed E-state index contributed by atoms with van der Waals surface area (Å²) in [5.41, 5.74) is 2.32. The van der Waals surface area contributed by atoms with E-state index in [2.05, 4.69) is 20.4 Å². The quantitative estimate of drug-likeness (QED) is 0.584. The minimum absolute atomic E-state index is 0.0227. The molecular weight excluding hydrogens is 420 g/mol. The fraction of sp³-hybridized carbons (Fsp3) is 0.320. The van der Waals surface area contributed by atoms with E-state index in [1.807, 2.05) is 42.5 Å². The van der Waals surface area contributed by atoms with Crippen molar-refractivity contribution in [2.75, 3.05) is 44.6 Å². The van der Waals surface area contributed by atoms with Crippen LogP contribution in [0, 0.1) is 5.92 Å². The molecule has 0 saturated carbocycles. The fourth-order valence-corrected chi connectivity index (χ4v) is 4.05. The number of rotatable bonds is 7. The number of piperidine rings is 1. The Kier molecular flexibility index (Phi) is 6.92.